The average Bonchev–Trinajstić information content (AvgIpc) is 3.14. The second kappa shape index (κ2) is 7.60. The number of hydrogen-bond acceptors (Lipinski definition) is 4. The predicted octanol–water partition coefficient (Wildman–Crippen LogP) is 2.93. The summed E-state index contributed by atoms with van der Waals surface area (Å²) in [7, 11) is 0. The summed E-state index contributed by atoms with van der Waals surface area (Å²) in [5.74, 6) is 0.173. The van der Waals surface area contributed by atoms with E-state index in [0.29, 0.717) is 25.5 Å². The molecule has 0 aliphatic rings. The van der Waals surface area contributed by atoms with Gasteiger partial charge in [-0.05, 0) is 35.3 Å². The van der Waals surface area contributed by atoms with E-state index in [4.69, 9.17) is 0 Å². The fourth-order valence-electron chi connectivity index (χ4n) is 2.32. The highest BCUT2D eigenvalue weighted by molar-refractivity contribution is 9.10. The Hall–Kier alpha value is -2.48. The van der Waals surface area contributed by atoms with Crippen molar-refractivity contribution < 1.29 is 4.79 Å². The molecule has 0 saturated heterocycles. The van der Waals surface area contributed by atoms with Crippen LogP contribution in [0, 0.1) is 13.8 Å². The van der Waals surface area contributed by atoms with Gasteiger partial charge < -0.3 is 0 Å². The largest absolute Gasteiger partial charge is 0.293 e. The Bertz CT molecular complexity index is 848. The number of aryl methyl sites for hydroxylation is 3. The van der Waals surface area contributed by atoms with Crippen molar-refractivity contribution in [1.82, 2.24) is 24.5 Å². The monoisotopic (exact) mass is 402 g/mol. The zero-order valence-electron chi connectivity index (χ0n) is 14.1. The van der Waals surface area contributed by atoms with E-state index in [2.05, 4.69) is 67.6 Å². The third-order valence-electron chi connectivity index (χ3n) is 3.71. The van der Waals surface area contributed by atoms with Gasteiger partial charge in [-0.3, -0.25) is 14.8 Å². The number of nitrogens with zero attached hydrogens (tertiary/aromatic N) is 5. The number of rotatable bonds is 6. The fraction of sp³-hybridized carbons (Fsp3) is 0.294. The first-order valence-electron chi connectivity index (χ1n) is 7.94. The molecule has 1 amide bonds. The maximum Gasteiger partial charge on any atom is 0.248 e. The van der Waals surface area contributed by atoms with Gasteiger partial charge in [-0.25, -0.2) is 9.67 Å². The molecule has 7 nitrogen and oxygen atoms in total. The van der Waals surface area contributed by atoms with E-state index in [9.17, 15) is 4.79 Å². The predicted molar refractivity (Wildman–Crippen MR) is 98.2 cm³/mol. The molecule has 0 bridgehead atoms. The number of carbonyl (C=O) groups is 1. The van der Waals surface area contributed by atoms with Crippen molar-refractivity contribution in [3.05, 3.63) is 58.1 Å². The first-order valence-corrected chi connectivity index (χ1v) is 8.73. The second-order valence-electron chi connectivity index (χ2n) is 5.88. The quantitative estimate of drug-likeness (QED) is 0.687. The number of nitrogens with one attached hydrogen (secondary N) is 1. The summed E-state index contributed by atoms with van der Waals surface area (Å²) in [5, 5.41) is 11.3. The van der Waals surface area contributed by atoms with Gasteiger partial charge in [-0.2, -0.15) is 5.10 Å². The minimum atomic E-state index is -0.141. The Morgan fingerprint density at radius 3 is 2.60 bits per heavy atom. The molecule has 0 aliphatic heterocycles. The molecule has 1 aromatic carbocycles. The van der Waals surface area contributed by atoms with Gasteiger partial charge in [-0.15, -0.1) is 5.10 Å². The molecule has 0 aliphatic carbocycles. The van der Waals surface area contributed by atoms with E-state index in [1.165, 1.54) is 5.56 Å². The number of amides is 1. The van der Waals surface area contributed by atoms with Crippen LogP contribution in [0.25, 0.3) is 0 Å². The lowest BCUT2D eigenvalue weighted by Crippen LogP contribution is -2.16. The van der Waals surface area contributed by atoms with E-state index in [0.717, 1.165) is 15.7 Å². The van der Waals surface area contributed by atoms with Crippen LogP contribution >= 0.6 is 15.9 Å². The summed E-state index contributed by atoms with van der Waals surface area (Å²) in [4.78, 5) is 16.2. The molecule has 3 aromatic rings. The number of hydrogen-bond donors (Lipinski definition) is 1. The SMILES string of the molecule is Cc1ccc(Cn2cnc(NC(=O)CCn3cc(Br)c(C)n3)n2)cc1. The number of halogens is 1. The summed E-state index contributed by atoms with van der Waals surface area (Å²) < 4.78 is 4.38. The maximum absolute atomic E-state index is 12.0. The molecular weight excluding hydrogens is 384 g/mol. The first-order chi connectivity index (χ1) is 12.0. The smallest absolute Gasteiger partial charge is 0.248 e. The number of benzene rings is 1. The number of carbonyl (C=O) groups excluding carboxylic acids is 1. The molecule has 0 saturated carbocycles. The summed E-state index contributed by atoms with van der Waals surface area (Å²) in [6, 6.07) is 8.23. The molecule has 0 fully saturated rings. The standard InChI is InChI=1S/C17H19BrN6O/c1-12-3-5-14(6-4-12)9-24-11-19-17(22-24)20-16(25)7-8-23-10-15(18)13(2)21-23/h3-6,10-11H,7-9H2,1-2H3,(H,20,22,25). The van der Waals surface area contributed by atoms with Gasteiger partial charge in [0.05, 0.1) is 16.7 Å². The highest BCUT2D eigenvalue weighted by Crippen LogP contribution is 2.13. The molecule has 1 N–H and O–H groups in total. The molecule has 25 heavy (non-hydrogen) atoms. The van der Waals surface area contributed by atoms with Crippen LogP contribution in [0.3, 0.4) is 0 Å². The van der Waals surface area contributed by atoms with Crippen molar-refractivity contribution in [3.63, 3.8) is 0 Å². The van der Waals surface area contributed by atoms with E-state index in [-0.39, 0.29) is 5.91 Å². The van der Waals surface area contributed by atoms with E-state index < -0.39 is 0 Å². The average molecular weight is 403 g/mol. The molecule has 8 heteroatoms. The third kappa shape index (κ3) is 4.76. The van der Waals surface area contributed by atoms with Crippen LogP contribution < -0.4 is 5.32 Å². The Morgan fingerprint density at radius 2 is 1.92 bits per heavy atom. The van der Waals surface area contributed by atoms with E-state index in [1.807, 2.05) is 13.1 Å². The Balaban J connectivity index is 1.51. The summed E-state index contributed by atoms with van der Waals surface area (Å²) in [5.41, 5.74) is 3.25. The summed E-state index contributed by atoms with van der Waals surface area (Å²) in [6.45, 7) is 5.08. The van der Waals surface area contributed by atoms with Crippen molar-refractivity contribution >= 4 is 27.8 Å². The minimum absolute atomic E-state index is 0.141. The van der Waals surface area contributed by atoms with Crippen LogP contribution in [0.15, 0.2) is 41.3 Å². The molecule has 3 rings (SSSR count). The molecule has 2 heterocycles. The van der Waals surface area contributed by atoms with Crippen molar-refractivity contribution in [3.8, 4) is 0 Å². The molecule has 0 radical (unpaired) electrons. The van der Waals surface area contributed by atoms with Gasteiger partial charge in [-0.1, -0.05) is 29.8 Å². The van der Waals surface area contributed by atoms with Crippen molar-refractivity contribution in [2.24, 2.45) is 0 Å². The Kier molecular flexibility index (Phi) is 5.28. The van der Waals surface area contributed by atoms with Crippen molar-refractivity contribution in [2.75, 3.05) is 5.32 Å². The number of anilines is 1. The van der Waals surface area contributed by atoms with Gasteiger partial charge in [0.15, 0.2) is 0 Å². The molecular formula is C17H19BrN6O. The second-order valence-corrected chi connectivity index (χ2v) is 6.73. The molecule has 0 atom stereocenters. The van der Waals surface area contributed by atoms with E-state index in [1.54, 1.807) is 15.7 Å². The van der Waals surface area contributed by atoms with Crippen LogP contribution in [0.4, 0.5) is 5.95 Å². The van der Waals surface area contributed by atoms with Crippen LogP contribution in [0.5, 0.6) is 0 Å². The van der Waals surface area contributed by atoms with Gasteiger partial charge >= 0.3 is 0 Å². The lowest BCUT2D eigenvalue weighted by atomic mass is 10.1. The summed E-state index contributed by atoms with van der Waals surface area (Å²) in [6.07, 6.45) is 3.78. The van der Waals surface area contributed by atoms with Crippen LogP contribution in [0.1, 0.15) is 23.2 Å². The van der Waals surface area contributed by atoms with E-state index >= 15 is 0 Å². The zero-order chi connectivity index (χ0) is 17.8. The third-order valence-corrected chi connectivity index (χ3v) is 4.49. The maximum atomic E-state index is 12.0. The van der Waals surface area contributed by atoms with Crippen molar-refractivity contribution in [1.29, 1.82) is 0 Å². The highest BCUT2D eigenvalue weighted by atomic mass is 79.9. The molecule has 130 valence electrons. The van der Waals surface area contributed by atoms with Gasteiger partial charge in [0.2, 0.25) is 11.9 Å². The zero-order valence-corrected chi connectivity index (χ0v) is 15.7. The molecule has 2 aromatic heterocycles. The molecule has 0 unspecified atom stereocenters. The fourth-order valence-corrected chi connectivity index (χ4v) is 2.64. The lowest BCUT2D eigenvalue weighted by Gasteiger charge is -2.03. The first kappa shape index (κ1) is 17.3. The normalized spacial score (nSPS) is 10.8. The molecule has 0 spiro atoms. The van der Waals surface area contributed by atoms with Gasteiger partial charge in [0.25, 0.3) is 0 Å². The van der Waals surface area contributed by atoms with Gasteiger partial charge in [0.1, 0.15) is 6.33 Å². The van der Waals surface area contributed by atoms with Crippen LogP contribution in [0.2, 0.25) is 0 Å². The van der Waals surface area contributed by atoms with Crippen LogP contribution in [-0.2, 0) is 17.9 Å². The lowest BCUT2D eigenvalue weighted by molar-refractivity contribution is -0.116. The van der Waals surface area contributed by atoms with Crippen LogP contribution in [-0.4, -0.2) is 30.5 Å². The summed E-state index contributed by atoms with van der Waals surface area (Å²) >= 11 is 3.40. The van der Waals surface area contributed by atoms with Crippen molar-refractivity contribution in [2.45, 2.75) is 33.4 Å². The topological polar surface area (TPSA) is 77.6 Å². The highest BCUT2D eigenvalue weighted by Gasteiger charge is 2.08. The minimum Gasteiger partial charge on any atom is -0.293 e. The van der Waals surface area contributed by atoms with Gasteiger partial charge in [0, 0.05) is 19.2 Å². The number of aromatic nitrogens is 5. The Morgan fingerprint density at radius 1 is 1.16 bits per heavy atom. The Labute approximate surface area is 154 Å².